The van der Waals surface area contributed by atoms with E-state index in [-0.39, 0.29) is 18.3 Å². The van der Waals surface area contributed by atoms with Gasteiger partial charge in [0.15, 0.2) is 12.4 Å². The summed E-state index contributed by atoms with van der Waals surface area (Å²) in [6, 6.07) is 6.41. The molecule has 1 aromatic rings. The van der Waals surface area contributed by atoms with Crippen molar-refractivity contribution in [3.05, 3.63) is 29.8 Å². The molecule has 0 aliphatic heterocycles. The van der Waals surface area contributed by atoms with Crippen LogP contribution in [0.15, 0.2) is 24.3 Å². The number of benzene rings is 1. The van der Waals surface area contributed by atoms with Gasteiger partial charge in [-0.15, -0.1) is 23.2 Å². The third kappa shape index (κ3) is 4.08. The number of anilines is 1. The van der Waals surface area contributed by atoms with Crippen LogP contribution in [0.4, 0.5) is 5.69 Å². The summed E-state index contributed by atoms with van der Waals surface area (Å²) in [4.78, 5) is 35.5. The van der Waals surface area contributed by atoms with Gasteiger partial charge in [0.2, 0.25) is 5.91 Å². The molecule has 1 saturated carbocycles. The van der Waals surface area contributed by atoms with E-state index in [9.17, 15) is 14.4 Å². The largest absolute Gasteiger partial charge is 0.457 e. The Morgan fingerprint density at radius 3 is 2.29 bits per heavy atom. The minimum Gasteiger partial charge on any atom is -0.457 e. The van der Waals surface area contributed by atoms with Crippen LogP contribution < -0.4 is 5.32 Å². The van der Waals surface area contributed by atoms with Gasteiger partial charge in [-0.3, -0.25) is 14.4 Å². The molecule has 24 heavy (non-hydrogen) atoms. The van der Waals surface area contributed by atoms with Crippen LogP contribution in [0.25, 0.3) is 0 Å². The molecule has 1 aromatic carbocycles. The highest BCUT2D eigenvalue weighted by Gasteiger charge is 2.69. The van der Waals surface area contributed by atoms with Gasteiger partial charge < -0.3 is 10.1 Å². The molecule has 1 N–H and O–H groups in total. The molecule has 1 amide bonds. The highest BCUT2D eigenvalue weighted by molar-refractivity contribution is 6.53. The van der Waals surface area contributed by atoms with Crippen molar-refractivity contribution in [2.45, 2.75) is 37.4 Å². The number of hydrogen-bond donors (Lipinski definition) is 1. The van der Waals surface area contributed by atoms with Gasteiger partial charge >= 0.3 is 5.97 Å². The molecule has 5 nitrogen and oxygen atoms in total. The Morgan fingerprint density at radius 1 is 1.21 bits per heavy atom. The first-order valence-electron chi connectivity index (χ1n) is 7.68. The maximum atomic E-state index is 12.1. The molecule has 1 aliphatic carbocycles. The maximum absolute atomic E-state index is 12.1. The van der Waals surface area contributed by atoms with Gasteiger partial charge in [0.25, 0.3) is 0 Å². The minimum absolute atomic E-state index is 0.0752. The highest BCUT2D eigenvalue weighted by Crippen LogP contribution is 2.64. The molecule has 1 atom stereocenters. The van der Waals surface area contributed by atoms with Crippen molar-refractivity contribution in [1.29, 1.82) is 0 Å². The highest BCUT2D eigenvalue weighted by atomic mass is 35.5. The fourth-order valence-corrected chi connectivity index (χ4v) is 2.87. The number of alkyl halides is 2. The van der Waals surface area contributed by atoms with Crippen LogP contribution in [-0.2, 0) is 14.3 Å². The molecule has 0 aromatic heterocycles. The summed E-state index contributed by atoms with van der Waals surface area (Å²) >= 11 is 11.8. The molecule has 1 aliphatic rings. The zero-order valence-corrected chi connectivity index (χ0v) is 15.0. The SMILES string of the molecule is CCCC(=O)Nc1ccc(C(=O)COC(=O)[C@]2(C)CC2(Cl)Cl)cc1. The second kappa shape index (κ2) is 7.11. The van der Waals surface area contributed by atoms with Gasteiger partial charge in [-0.1, -0.05) is 6.92 Å². The summed E-state index contributed by atoms with van der Waals surface area (Å²) in [5.74, 6) is -0.994. The Balaban J connectivity index is 1.87. The van der Waals surface area contributed by atoms with Crippen LogP contribution >= 0.6 is 23.2 Å². The van der Waals surface area contributed by atoms with Crippen molar-refractivity contribution in [1.82, 2.24) is 0 Å². The van der Waals surface area contributed by atoms with Gasteiger partial charge in [0.1, 0.15) is 9.75 Å². The Kier molecular flexibility index (Phi) is 5.56. The number of Topliss-reactive ketones (excluding diaryl/α,β-unsaturated/α-hetero) is 1. The minimum atomic E-state index is -1.12. The Hall–Kier alpha value is -1.59. The molecule has 0 bridgehead atoms. The predicted octanol–water partition coefficient (Wildman–Crippen LogP) is 3.74. The van der Waals surface area contributed by atoms with Gasteiger partial charge in [0, 0.05) is 24.1 Å². The van der Waals surface area contributed by atoms with E-state index in [1.165, 1.54) is 0 Å². The molecule has 1 fully saturated rings. The maximum Gasteiger partial charge on any atom is 0.315 e. The first kappa shape index (κ1) is 18.7. The number of ketones is 1. The predicted molar refractivity (Wildman–Crippen MR) is 92.4 cm³/mol. The fourth-order valence-electron chi connectivity index (χ4n) is 2.19. The molecule has 130 valence electrons. The second-order valence-corrected chi connectivity index (χ2v) is 7.57. The van der Waals surface area contributed by atoms with Crippen LogP contribution in [0.5, 0.6) is 0 Å². The third-order valence-corrected chi connectivity index (χ3v) is 5.11. The first-order valence-corrected chi connectivity index (χ1v) is 8.43. The number of halogens is 2. The lowest BCUT2D eigenvalue weighted by atomic mass is 10.1. The quantitative estimate of drug-likeness (QED) is 0.450. The van der Waals surface area contributed by atoms with E-state index >= 15 is 0 Å². The summed E-state index contributed by atoms with van der Waals surface area (Å²) in [5.41, 5.74) is 0.0471. The van der Waals surface area contributed by atoms with E-state index in [4.69, 9.17) is 27.9 Å². The van der Waals surface area contributed by atoms with Gasteiger partial charge in [-0.2, -0.15) is 0 Å². The number of amides is 1. The number of carbonyl (C=O) groups excluding carboxylic acids is 3. The lowest BCUT2D eigenvalue weighted by Crippen LogP contribution is -2.24. The summed E-state index contributed by atoms with van der Waals surface area (Å²) < 4.78 is 3.90. The Labute approximate surface area is 150 Å². The average Bonchev–Trinajstić information content (AvgIpc) is 3.05. The molecule has 0 spiro atoms. The molecule has 0 saturated heterocycles. The van der Waals surface area contributed by atoms with Crippen LogP contribution in [-0.4, -0.2) is 28.6 Å². The Bertz CT molecular complexity index is 657. The monoisotopic (exact) mass is 371 g/mol. The number of esters is 1. The van der Waals surface area contributed by atoms with E-state index in [0.717, 1.165) is 6.42 Å². The van der Waals surface area contributed by atoms with Gasteiger partial charge in [0.05, 0.1) is 0 Å². The van der Waals surface area contributed by atoms with E-state index < -0.39 is 15.7 Å². The van der Waals surface area contributed by atoms with Crippen LogP contribution in [0.1, 0.15) is 43.5 Å². The zero-order valence-electron chi connectivity index (χ0n) is 13.5. The van der Waals surface area contributed by atoms with Gasteiger partial charge in [-0.25, -0.2) is 0 Å². The number of ether oxygens (including phenoxy) is 1. The molecule has 0 unspecified atom stereocenters. The van der Waals surface area contributed by atoms with Crippen molar-refractivity contribution < 1.29 is 19.1 Å². The zero-order chi connectivity index (χ0) is 18.0. The average molecular weight is 372 g/mol. The summed E-state index contributed by atoms with van der Waals surface area (Å²) in [6.45, 7) is 3.15. The fraction of sp³-hybridized carbons (Fsp3) is 0.471. The second-order valence-electron chi connectivity index (χ2n) is 6.09. The van der Waals surface area contributed by atoms with Crippen molar-refractivity contribution in [2.75, 3.05) is 11.9 Å². The first-order chi connectivity index (χ1) is 11.2. The third-order valence-electron chi connectivity index (χ3n) is 4.01. The molecule has 2 rings (SSSR count). The molecular weight excluding hydrogens is 353 g/mol. The van der Waals surface area contributed by atoms with Crippen molar-refractivity contribution in [3.8, 4) is 0 Å². The van der Waals surface area contributed by atoms with Crippen LogP contribution in [0.3, 0.4) is 0 Å². The van der Waals surface area contributed by atoms with E-state index in [2.05, 4.69) is 5.32 Å². The number of nitrogens with one attached hydrogen (secondary N) is 1. The topological polar surface area (TPSA) is 72.5 Å². The van der Waals surface area contributed by atoms with Gasteiger partial charge in [-0.05, 0) is 37.6 Å². The van der Waals surface area contributed by atoms with Crippen molar-refractivity contribution in [2.24, 2.45) is 5.41 Å². The normalized spacial score (nSPS) is 21.0. The standard InChI is InChI=1S/C17H19Cl2NO4/c1-3-4-14(22)20-12-7-5-11(6-8-12)13(21)9-24-15(23)16(2)10-17(16,18)19/h5-8H,3-4,9-10H2,1-2H3,(H,20,22)/t16-/m0/s1. The molecule has 0 radical (unpaired) electrons. The lowest BCUT2D eigenvalue weighted by Gasteiger charge is -2.11. The van der Waals surface area contributed by atoms with Crippen LogP contribution in [0.2, 0.25) is 0 Å². The Morgan fingerprint density at radius 2 is 1.79 bits per heavy atom. The lowest BCUT2D eigenvalue weighted by molar-refractivity contribution is -0.148. The summed E-state index contributed by atoms with van der Waals surface area (Å²) in [5, 5.41) is 2.73. The smallest absolute Gasteiger partial charge is 0.315 e. The number of rotatable bonds is 7. The molecule has 7 heteroatoms. The summed E-state index contributed by atoms with van der Waals surface area (Å²) in [7, 11) is 0. The van der Waals surface area contributed by atoms with E-state index in [1.54, 1.807) is 31.2 Å². The summed E-state index contributed by atoms with van der Waals surface area (Å²) in [6.07, 6.45) is 1.51. The van der Waals surface area contributed by atoms with Crippen molar-refractivity contribution >= 4 is 46.5 Å². The number of carbonyl (C=O) groups is 3. The molecule has 0 heterocycles. The van der Waals surface area contributed by atoms with Crippen LogP contribution in [0, 0.1) is 5.41 Å². The van der Waals surface area contributed by atoms with E-state index in [1.807, 2.05) is 6.92 Å². The van der Waals surface area contributed by atoms with Crippen molar-refractivity contribution in [3.63, 3.8) is 0 Å². The van der Waals surface area contributed by atoms with E-state index in [0.29, 0.717) is 24.1 Å². The number of hydrogen-bond acceptors (Lipinski definition) is 4. The molecular formula is C17H19Cl2NO4.